The second-order valence-corrected chi connectivity index (χ2v) is 7.92. The van der Waals surface area contributed by atoms with Gasteiger partial charge in [-0.2, -0.15) is 5.26 Å². The number of nitrogens with one attached hydrogen (secondary N) is 1. The van der Waals surface area contributed by atoms with Crippen LogP contribution in [-0.4, -0.2) is 18.6 Å². The number of benzene rings is 2. The minimum absolute atomic E-state index is 0.105. The van der Waals surface area contributed by atoms with Gasteiger partial charge in [-0.15, -0.1) is 0 Å². The van der Waals surface area contributed by atoms with Crippen LogP contribution in [0.1, 0.15) is 30.4 Å². The second kappa shape index (κ2) is 11.9. The Hall–Kier alpha value is -2.93. The van der Waals surface area contributed by atoms with E-state index in [9.17, 15) is 5.26 Å². The average molecular weight is 398 g/mol. The van der Waals surface area contributed by atoms with Crippen LogP contribution in [0.3, 0.4) is 0 Å². The lowest BCUT2D eigenvalue weighted by atomic mass is 9.95. The zero-order valence-electron chi connectivity index (χ0n) is 17.5. The SMILES string of the molecule is N#CC1=CCC=CC(CNC(CCc2ccccc2)CC(N)Cc2ccccc2)=C1. The Kier molecular flexibility index (Phi) is 8.65. The number of nitrogens with two attached hydrogens (primary N) is 1. The highest BCUT2D eigenvalue weighted by atomic mass is 14.9. The lowest BCUT2D eigenvalue weighted by molar-refractivity contribution is 0.426. The van der Waals surface area contributed by atoms with Crippen molar-refractivity contribution in [2.75, 3.05) is 6.54 Å². The lowest BCUT2D eigenvalue weighted by Gasteiger charge is -2.23. The van der Waals surface area contributed by atoms with Crippen LogP contribution < -0.4 is 11.1 Å². The zero-order chi connectivity index (χ0) is 21.0. The van der Waals surface area contributed by atoms with Crippen molar-refractivity contribution in [2.24, 2.45) is 5.73 Å². The van der Waals surface area contributed by atoms with E-state index < -0.39 is 0 Å². The highest BCUT2D eigenvalue weighted by molar-refractivity contribution is 5.41. The lowest BCUT2D eigenvalue weighted by Crippen LogP contribution is -2.38. The van der Waals surface area contributed by atoms with Gasteiger partial charge in [-0.3, -0.25) is 0 Å². The first-order valence-corrected chi connectivity index (χ1v) is 10.8. The van der Waals surface area contributed by atoms with E-state index >= 15 is 0 Å². The van der Waals surface area contributed by atoms with Crippen molar-refractivity contribution in [3.05, 3.63) is 107 Å². The Bertz CT molecular complexity index is 904. The Morgan fingerprint density at radius 3 is 2.40 bits per heavy atom. The summed E-state index contributed by atoms with van der Waals surface area (Å²) in [6, 6.07) is 23.8. The van der Waals surface area contributed by atoms with Crippen LogP contribution in [0, 0.1) is 11.3 Å². The number of allylic oxidation sites excluding steroid dienone is 4. The van der Waals surface area contributed by atoms with E-state index in [2.05, 4.69) is 78.1 Å². The molecule has 3 heteroatoms. The molecule has 2 unspecified atom stereocenters. The zero-order valence-corrected chi connectivity index (χ0v) is 17.5. The van der Waals surface area contributed by atoms with Gasteiger partial charge in [0.2, 0.25) is 0 Å². The molecule has 1 aliphatic carbocycles. The molecule has 0 amide bonds. The molecule has 0 saturated heterocycles. The van der Waals surface area contributed by atoms with E-state index in [0.717, 1.165) is 49.8 Å². The van der Waals surface area contributed by atoms with Gasteiger partial charge < -0.3 is 11.1 Å². The maximum atomic E-state index is 9.25. The van der Waals surface area contributed by atoms with Crippen LogP contribution in [0.5, 0.6) is 0 Å². The molecule has 3 nitrogen and oxygen atoms in total. The quantitative estimate of drug-likeness (QED) is 0.601. The number of nitriles is 1. The van der Waals surface area contributed by atoms with E-state index in [0.29, 0.717) is 6.04 Å². The fraction of sp³-hybridized carbons (Fsp3) is 0.296. The van der Waals surface area contributed by atoms with Crippen molar-refractivity contribution in [1.29, 1.82) is 5.26 Å². The second-order valence-electron chi connectivity index (χ2n) is 7.92. The molecule has 0 heterocycles. The number of nitrogens with zero attached hydrogens (tertiary/aromatic N) is 1. The monoisotopic (exact) mass is 397 g/mol. The molecular formula is C27H31N3. The topological polar surface area (TPSA) is 61.8 Å². The summed E-state index contributed by atoms with van der Waals surface area (Å²) in [4.78, 5) is 0. The fourth-order valence-corrected chi connectivity index (χ4v) is 3.83. The molecule has 2 atom stereocenters. The van der Waals surface area contributed by atoms with Gasteiger partial charge in [0.15, 0.2) is 0 Å². The van der Waals surface area contributed by atoms with E-state index in [1.54, 1.807) is 0 Å². The van der Waals surface area contributed by atoms with Crippen molar-refractivity contribution in [3.8, 4) is 6.07 Å². The molecule has 0 aliphatic heterocycles. The summed E-state index contributed by atoms with van der Waals surface area (Å²) in [5.41, 5.74) is 11.0. The molecule has 0 radical (unpaired) electrons. The Morgan fingerprint density at radius 2 is 1.70 bits per heavy atom. The maximum absolute atomic E-state index is 9.25. The first-order valence-electron chi connectivity index (χ1n) is 10.8. The van der Waals surface area contributed by atoms with Crippen LogP contribution in [0.2, 0.25) is 0 Å². The Labute approximate surface area is 180 Å². The van der Waals surface area contributed by atoms with Crippen LogP contribution in [0.4, 0.5) is 0 Å². The minimum atomic E-state index is 0.105. The first kappa shape index (κ1) is 21.8. The summed E-state index contributed by atoms with van der Waals surface area (Å²) in [5.74, 6) is 0. The molecule has 3 N–H and O–H groups in total. The summed E-state index contributed by atoms with van der Waals surface area (Å²) in [5, 5.41) is 13.0. The summed E-state index contributed by atoms with van der Waals surface area (Å²) in [6.45, 7) is 0.743. The van der Waals surface area contributed by atoms with E-state index in [4.69, 9.17) is 5.73 Å². The highest BCUT2D eigenvalue weighted by Gasteiger charge is 2.15. The standard InChI is InChI=1S/C27H31N3/c28-20-24-13-7-8-14-25(17-24)21-30-27(16-15-22-9-3-1-4-10-22)19-26(29)18-23-11-5-2-6-12-23/h1-6,8-14,17,26-27,30H,7,15-16,18-19,21,29H2. The van der Waals surface area contributed by atoms with E-state index in [1.807, 2.05) is 18.2 Å². The van der Waals surface area contributed by atoms with Crippen LogP contribution >= 0.6 is 0 Å². The Balaban J connectivity index is 1.61. The summed E-state index contributed by atoms with van der Waals surface area (Å²) in [7, 11) is 0. The van der Waals surface area contributed by atoms with Gasteiger partial charge in [0, 0.05) is 24.2 Å². The predicted octanol–water partition coefficient (Wildman–Crippen LogP) is 4.87. The molecule has 2 aromatic carbocycles. The van der Waals surface area contributed by atoms with E-state index in [-0.39, 0.29) is 6.04 Å². The maximum Gasteiger partial charge on any atom is 0.0988 e. The van der Waals surface area contributed by atoms with Crippen molar-refractivity contribution in [2.45, 2.75) is 44.2 Å². The summed E-state index contributed by atoms with van der Waals surface area (Å²) >= 11 is 0. The van der Waals surface area contributed by atoms with Gasteiger partial charge in [0.05, 0.1) is 6.07 Å². The first-order chi connectivity index (χ1) is 14.7. The van der Waals surface area contributed by atoms with Crippen LogP contribution in [0.15, 0.2) is 96.1 Å². The van der Waals surface area contributed by atoms with Gasteiger partial charge >= 0.3 is 0 Å². The van der Waals surface area contributed by atoms with Gasteiger partial charge in [0.1, 0.15) is 0 Å². The van der Waals surface area contributed by atoms with Crippen molar-refractivity contribution < 1.29 is 0 Å². The van der Waals surface area contributed by atoms with Crippen LogP contribution in [0.25, 0.3) is 0 Å². The third kappa shape index (κ3) is 7.48. The number of hydrogen-bond donors (Lipinski definition) is 2. The molecule has 0 saturated carbocycles. The Morgan fingerprint density at radius 1 is 1.00 bits per heavy atom. The number of aryl methyl sites for hydroxylation is 1. The molecule has 0 bridgehead atoms. The molecule has 0 spiro atoms. The summed E-state index contributed by atoms with van der Waals surface area (Å²) < 4.78 is 0. The van der Waals surface area contributed by atoms with Gasteiger partial charge in [-0.25, -0.2) is 0 Å². The van der Waals surface area contributed by atoms with Gasteiger partial charge in [-0.05, 0) is 54.9 Å². The number of rotatable bonds is 10. The molecule has 3 rings (SSSR count). The fourth-order valence-electron chi connectivity index (χ4n) is 3.83. The third-order valence-electron chi connectivity index (χ3n) is 5.42. The third-order valence-corrected chi connectivity index (χ3v) is 5.42. The van der Waals surface area contributed by atoms with Gasteiger partial charge in [0.25, 0.3) is 0 Å². The molecule has 154 valence electrons. The number of hydrogen-bond acceptors (Lipinski definition) is 3. The highest BCUT2D eigenvalue weighted by Crippen LogP contribution is 2.14. The normalized spacial score (nSPS) is 15.5. The van der Waals surface area contributed by atoms with Crippen molar-refractivity contribution in [3.63, 3.8) is 0 Å². The van der Waals surface area contributed by atoms with E-state index in [1.165, 1.54) is 11.1 Å². The van der Waals surface area contributed by atoms with Crippen molar-refractivity contribution >= 4 is 0 Å². The van der Waals surface area contributed by atoms with Crippen molar-refractivity contribution in [1.82, 2.24) is 5.32 Å². The molecule has 1 aliphatic rings. The molecule has 2 aromatic rings. The molecule has 0 fully saturated rings. The average Bonchev–Trinajstić information content (AvgIpc) is 3.02. The van der Waals surface area contributed by atoms with Crippen LogP contribution in [-0.2, 0) is 12.8 Å². The smallest absolute Gasteiger partial charge is 0.0988 e. The summed E-state index contributed by atoms with van der Waals surface area (Å²) in [6.07, 6.45) is 12.8. The minimum Gasteiger partial charge on any atom is -0.327 e. The largest absolute Gasteiger partial charge is 0.327 e. The molecular weight excluding hydrogens is 366 g/mol. The van der Waals surface area contributed by atoms with Gasteiger partial charge in [-0.1, -0.05) is 78.9 Å². The molecule has 30 heavy (non-hydrogen) atoms. The predicted molar refractivity (Wildman–Crippen MR) is 125 cm³/mol. The molecule has 0 aromatic heterocycles.